The van der Waals surface area contributed by atoms with E-state index in [9.17, 15) is 0 Å². The average molecular weight is 497 g/mol. The highest BCUT2D eigenvalue weighted by molar-refractivity contribution is 14.0. The standard InChI is InChI=1S/C16H31N7OS.HI/c1-14-20-21-15(22(14)2)13-19-16(17-5-4-12-25-3)18-6-7-23-8-10-24-11-9-23;/h4-13H2,1-3H3,(H2,17,18,19);1H. The van der Waals surface area contributed by atoms with Crippen LogP contribution in [-0.4, -0.2) is 83.6 Å². The molecule has 0 aliphatic carbocycles. The fourth-order valence-corrected chi connectivity index (χ4v) is 2.93. The molecule has 2 N–H and O–H groups in total. The average Bonchev–Trinajstić information content (AvgIpc) is 2.95. The molecule has 1 saturated heterocycles. The summed E-state index contributed by atoms with van der Waals surface area (Å²) in [6.45, 7) is 8.93. The zero-order valence-electron chi connectivity index (χ0n) is 16.0. The molecule has 8 nitrogen and oxygen atoms in total. The number of aryl methyl sites for hydroxylation is 1. The first kappa shape index (κ1) is 23.4. The lowest BCUT2D eigenvalue weighted by Crippen LogP contribution is -2.44. The van der Waals surface area contributed by atoms with E-state index in [2.05, 4.69) is 37.0 Å². The van der Waals surface area contributed by atoms with Crippen LogP contribution in [0.4, 0.5) is 0 Å². The molecule has 26 heavy (non-hydrogen) atoms. The minimum Gasteiger partial charge on any atom is -0.379 e. The van der Waals surface area contributed by atoms with Crippen molar-refractivity contribution < 1.29 is 4.74 Å². The Hall–Kier alpha value is -0.590. The minimum atomic E-state index is 0. The van der Waals surface area contributed by atoms with Gasteiger partial charge in [-0.05, 0) is 25.4 Å². The number of aromatic nitrogens is 3. The molecule has 1 aromatic heterocycles. The van der Waals surface area contributed by atoms with Gasteiger partial charge in [0.15, 0.2) is 11.8 Å². The van der Waals surface area contributed by atoms with Crippen LogP contribution in [0, 0.1) is 6.92 Å². The second kappa shape index (κ2) is 13.6. The highest BCUT2D eigenvalue weighted by atomic mass is 127. The van der Waals surface area contributed by atoms with Gasteiger partial charge < -0.3 is 19.9 Å². The van der Waals surface area contributed by atoms with E-state index in [1.165, 1.54) is 0 Å². The first-order chi connectivity index (χ1) is 12.2. The van der Waals surface area contributed by atoms with Crippen molar-refractivity contribution in [2.75, 3.05) is 57.9 Å². The molecule has 2 rings (SSSR count). The van der Waals surface area contributed by atoms with E-state index in [0.29, 0.717) is 6.54 Å². The number of nitrogens with zero attached hydrogens (tertiary/aromatic N) is 5. The van der Waals surface area contributed by atoms with E-state index in [4.69, 9.17) is 4.74 Å². The van der Waals surface area contributed by atoms with Crippen molar-refractivity contribution in [3.8, 4) is 0 Å². The number of thioether (sulfide) groups is 1. The van der Waals surface area contributed by atoms with Crippen molar-refractivity contribution in [2.45, 2.75) is 19.9 Å². The molecule has 0 spiro atoms. The van der Waals surface area contributed by atoms with Crippen LogP contribution < -0.4 is 10.6 Å². The summed E-state index contributed by atoms with van der Waals surface area (Å²) in [5.41, 5.74) is 0. The van der Waals surface area contributed by atoms with E-state index in [0.717, 1.165) is 75.7 Å². The molecule has 0 aromatic carbocycles. The molecule has 0 bridgehead atoms. The minimum absolute atomic E-state index is 0. The number of rotatable bonds is 9. The van der Waals surface area contributed by atoms with Gasteiger partial charge in [0.05, 0.1) is 13.2 Å². The first-order valence-electron chi connectivity index (χ1n) is 8.87. The molecule has 150 valence electrons. The van der Waals surface area contributed by atoms with Crippen LogP contribution in [0.1, 0.15) is 18.1 Å². The van der Waals surface area contributed by atoms with Gasteiger partial charge in [0.1, 0.15) is 12.4 Å². The van der Waals surface area contributed by atoms with Gasteiger partial charge in [-0.1, -0.05) is 0 Å². The second-order valence-corrected chi connectivity index (χ2v) is 7.03. The predicted octanol–water partition coefficient (Wildman–Crippen LogP) is 0.862. The van der Waals surface area contributed by atoms with Crippen molar-refractivity contribution >= 4 is 41.7 Å². The Morgan fingerprint density at radius 3 is 2.62 bits per heavy atom. The van der Waals surface area contributed by atoms with Gasteiger partial charge in [-0.15, -0.1) is 34.2 Å². The summed E-state index contributed by atoms with van der Waals surface area (Å²) in [6.07, 6.45) is 3.25. The molecule has 1 aromatic rings. The van der Waals surface area contributed by atoms with Crippen LogP contribution >= 0.6 is 35.7 Å². The molecular weight excluding hydrogens is 465 g/mol. The first-order valence-corrected chi connectivity index (χ1v) is 10.3. The van der Waals surface area contributed by atoms with Crippen LogP contribution in [0.5, 0.6) is 0 Å². The Morgan fingerprint density at radius 2 is 1.96 bits per heavy atom. The Balaban J connectivity index is 0.00000338. The number of hydrogen-bond acceptors (Lipinski definition) is 6. The maximum absolute atomic E-state index is 5.39. The summed E-state index contributed by atoms with van der Waals surface area (Å²) in [4.78, 5) is 7.08. The van der Waals surface area contributed by atoms with Crippen LogP contribution in [0.15, 0.2) is 4.99 Å². The largest absolute Gasteiger partial charge is 0.379 e. The van der Waals surface area contributed by atoms with E-state index in [1.54, 1.807) is 0 Å². The summed E-state index contributed by atoms with van der Waals surface area (Å²) in [6, 6.07) is 0. The van der Waals surface area contributed by atoms with Crippen molar-refractivity contribution in [2.24, 2.45) is 12.0 Å². The van der Waals surface area contributed by atoms with E-state index in [1.807, 2.05) is 30.3 Å². The molecule has 0 atom stereocenters. The second-order valence-electron chi connectivity index (χ2n) is 6.04. The van der Waals surface area contributed by atoms with Gasteiger partial charge in [-0.2, -0.15) is 11.8 Å². The van der Waals surface area contributed by atoms with Crippen LogP contribution in [-0.2, 0) is 18.3 Å². The van der Waals surface area contributed by atoms with Gasteiger partial charge in [0, 0.05) is 39.8 Å². The highest BCUT2D eigenvalue weighted by Crippen LogP contribution is 1.99. The van der Waals surface area contributed by atoms with Gasteiger partial charge >= 0.3 is 0 Å². The number of morpholine rings is 1. The van der Waals surface area contributed by atoms with E-state index >= 15 is 0 Å². The summed E-state index contributed by atoms with van der Waals surface area (Å²) in [5.74, 6) is 3.77. The van der Waals surface area contributed by atoms with E-state index in [-0.39, 0.29) is 24.0 Å². The molecule has 2 heterocycles. The van der Waals surface area contributed by atoms with Gasteiger partial charge in [-0.25, -0.2) is 4.99 Å². The molecule has 0 saturated carbocycles. The molecule has 1 aliphatic heterocycles. The lowest BCUT2D eigenvalue weighted by atomic mass is 10.4. The van der Waals surface area contributed by atoms with Crippen LogP contribution in [0.2, 0.25) is 0 Å². The third-order valence-electron chi connectivity index (χ3n) is 4.20. The molecule has 1 aliphatic rings. The van der Waals surface area contributed by atoms with Crippen molar-refractivity contribution in [3.05, 3.63) is 11.6 Å². The Bertz CT molecular complexity index is 535. The number of halogens is 1. The number of nitrogens with one attached hydrogen (secondary N) is 2. The quantitative estimate of drug-likeness (QED) is 0.227. The summed E-state index contributed by atoms with van der Waals surface area (Å²) < 4.78 is 7.36. The summed E-state index contributed by atoms with van der Waals surface area (Å²) >= 11 is 1.86. The summed E-state index contributed by atoms with van der Waals surface area (Å²) in [5, 5.41) is 15.1. The third-order valence-corrected chi connectivity index (χ3v) is 4.90. The van der Waals surface area contributed by atoms with Gasteiger partial charge in [-0.3, -0.25) is 4.90 Å². The SMILES string of the molecule is CSCCCNC(=NCc1nnc(C)n1C)NCCN1CCOCC1.I. The zero-order chi connectivity index (χ0) is 17.9. The monoisotopic (exact) mass is 497 g/mol. The van der Waals surface area contributed by atoms with Crippen molar-refractivity contribution in [1.29, 1.82) is 0 Å². The topological polar surface area (TPSA) is 79.6 Å². The van der Waals surface area contributed by atoms with Crippen molar-refractivity contribution in [1.82, 2.24) is 30.3 Å². The third kappa shape index (κ3) is 8.40. The fourth-order valence-electron chi connectivity index (χ4n) is 2.49. The summed E-state index contributed by atoms with van der Waals surface area (Å²) in [7, 11) is 1.97. The molecule has 10 heteroatoms. The molecule has 0 radical (unpaired) electrons. The lowest BCUT2D eigenvalue weighted by Gasteiger charge is -2.26. The maximum Gasteiger partial charge on any atom is 0.191 e. The molecule has 0 unspecified atom stereocenters. The normalized spacial score (nSPS) is 15.6. The zero-order valence-corrected chi connectivity index (χ0v) is 19.2. The Kier molecular flexibility index (Phi) is 12.2. The maximum atomic E-state index is 5.39. The Morgan fingerprint density at radius 1 is 1.23 bits per heavy atom. The van der Waals surface area contributed by atoms with Crippen molar-refractivity contribution in [3.63, 3.8) is 0 Å². The van der Waals surface area contributed by atoms with E-state index < -0.39 is 0 Å². The predicted molar refractivity (Wildman–Crippen MR) is 119 cm³/mol. The van der Waals surface area contributed by atoms with Gasteiger partial charge in [0.2, 0.25) is 0 Å². The van der Waals surface area contributed by atoms with Gasteiger partial charge in [0.25, 0.3) is 0 Å². The number of guanidine groups is 1. The molecule has 0 amide bonds. The molecule has 1 fully saturated rings. The highest BCUT2D eigenvalue weighted by Gasteiger charge is 2.10. The number of aliphatic imine (C=N–C) groups is 1. The Labute approximate surface area is 177 Å². The fraction of sp³-hybridized carbons (Fsp3) is 0.812. The number of hydrogen-bond donors (Lipinski definition) is 2. The number of ether oxygens (including phenoxy) is 1. The van der Waals surface area contributed by atoms with Crippen LogP contribution in [0.25, 0.3) is 0 Å². The molecular formula is C16H32IN7OS. The van der Waals surface area contributed by atoms with Crippen LogP contribution in [0.3, 0.4) is 0 Å². The smallest absolute Gasteiger partial charge is 0.191 e. The lowest BCUT2D eigenvalue weighted by molar-refractivity contribution is 0.0389.